The summed E-state index contributed by atoms with van der Waals surface area (Å²) < 4.78 is 0. The molecule has 0 spiro atoms. The van der Waals surface area contributed by atoms with Gasteiger partial charge in [-0.25, -0.2) is 0 Å². The van der Waals surface area contributed by atoms with Crippen molar-refractivity contribution in [2.75, 3.05) is 31.7 Å². The number of aromatic amines is 4. The van der Waals surface area contributed by atoms with Crippen LogP contribution in [0.1, 0.15) is 159 Å². The molecule has 0 unspecified atom stereocenters. The Morgan fingerprint density at radius 1 is 0.316 bits per heavy atom. The molecule has 0 saturated carbocycles. The van der Waals surface area contributed by atoms with Gasteiger partial charge < -0.3 is 110 Å². The molecule has 0 bridgehead atoms. The minimum Gasteiger partial charge on any atom is -0.395 e. The van der Waals surface area contributed by atoms with E-state index in [0.29, 0.717) is 50.7 Å². The number of H-pyrrole nitrogens is 4. The summed E-state index contributed by atoms with van der Waals surface area (Å²) >= 11 is 1.37. The van der Waals surface area contributed by atoms with Gasteiger partial charge >= 0.3 is 0 Å². The van der Waals surface area contributed by atoms with Crippen molar-refractivity contribution in [1.29, 1.82) is 0 Å². The number of carbonyl (C=O) groups excluding carboxylic acids is 16. The van der Waals surface area contributed by atoms with E-state index in [1.165, 1.54) is 25.6 Å². The summed E-state index contributed by atoms with van der Waals surface area (Å²) in [5.74, 6) is -14.0. The predicted octanol–water partition coefficient (Wildman–Crippen LogP) is 4.08. The van der Waals surface area contributed by atoms with Crippen LogP contribution in [0.5, 0.6) is 0 Å². The van der Waals surface area contributed by atoms with Gasteiger partial charge in [0.25, 0.3) is 0 Å². The highest BCUT2D eigenvalue weighted by Crippen LogP contribution is 2.26. The minimum atomic E-state index is -1.47. The minimum absolute atomic E-state index is 0.0111. The Hall–Kier alpha value is -13.1. The first-order valence-electron chi connectivity index (χ1n) is 46.6. The Balaban J connectivity index is 1.00. The Labute approximate surface area is 797 Å². The quantitative estimate of drug-likeness (QED) is 0.0239. The largest absolute Gasteiger partial charge is 0.395 e. The number of para-hydroxylation sites is 4. The summed E-state index contributed by atoms with van der Waals surface area (Å²) in [6.07, 6.45) is 8.82. The molecule has 738 valence electrons. The highest BCUT2D eigenvalue weighted by atomic mass is 32.2. The van der Waals surface area contributed by atoms with Crippen molar-refractivity contribution in [2.24, 2.45) is 41.4 Å². The van der Waals surface area contributed by atoms with E-state index in [1.54, 1.807) is 106 Å². The summed E-state index contributed by atoms with van der Waals surface area (Å²) in [5, 5.41) is 56.5. The van der Waals surface area contributed by atoms with Gasteiger partial charge in [0.15, 0.2) is 0 Å². The molecule has 8 rings (SSSR count). The summed E-state index contributed by atoms with van der Waals surface area (Å²) in [6.45, 7) is 26.1. The molecular formula is C98H138N20O17S. The fourth-order valence-corrected chi connectivity index (χ4v) is 16.5. The number of thioether (sulfide) groups is 1. The molecule has 14 atom stereocenters. The number of aliphatic hydroxyl groups excluding tert-OH is 1. The van der Waals surface area contributed by atoms with E-state index < -0.39 is 197 Å². The third-order valence-corrected chi connectivity index (χ3v) is 24.1. The number of benzene rings is 4. The number of hydrogen-bond acceptors (Lipinski definition) is 18. The number of aromatic nitrogens is 4. The lowest BCUT2D eigenvalue weighted by molar-refractivity contribution is -0.137. The first-order chi connectivity index (χ1) is 64.6. The molecule has 136 heavy (non-hydrogen) atoms. The van der Waals surface area contributed by atoms with Crippen LogP contribution in [0, 0.1) is 41.4 Å². The zero-order valence-electron chi connectivity index (χ0n) is 80.6. The van der Waals surface area contributed by atoms with Gasteiger partial charge in [-0.2, -0.15) is 11.8 Å². The third kappa shape index (κ3) is 31.5. The van der Waals surface area contributed by atoms with Crippen molar-refractivity contribution in [3.8, 4) is 0 Å². The van der Waals surface area contributed by atoms with Crippen LogP contribution < -0.4 is 85.1 Å². The topological polar surface area (TPSA) is 549 Å². The predicted molar refractivity (Wildman–Crippen MR) is 521 cm³/mol. The van der Waals surface area contributed by atoms with Crippen LogP contribution in [0.15, 0.2) is 122 Å². The Bertz CT molecular complexity index is 5460. The standard InChI is InChI=1S/C98H138N20O17S/c1-51(2)38-73(109-85(122)58(15)106-80(121)49-104-95(132)81(54(7)8)105-50-120)89(126)107-59(16)86(123)116-83(56(11)12)97(134)118-84(57(13)14)98(135)117-82(55(9)10)96(133)115-79(44-63-48-103-71-33-25-21-29-67(63)71)92(129)108-72(34-37-136-17)88(125)113-77(42-61-46-101-69-31-23-19-27-65(61)69)93(130)111-75(40-53(5)6)91(128)114-78(43-62-47-102-70-32-24-20-28-66(62)70)94(131)110-74(39-52(3)4)90(127)112-76(87(124)99-35-36-119)41-60-45-100-68-30-22-18-26-64(60)68/h18-33,45-48,50-59,72-79,81-84,100-103,119H,34-44,49H2,1-17H3,(H,99,124)(H,104,132)(H,105,120)(H,106,121)(H,107,126)(H,108,129)(H,109,122)(H,110,131)(H,111,130)(H,112,127)(H,113,125)(H,114,128)(H,115,133)(H,116,123)(H,117,135)(H,118,134)/t58-,59-,72+,73+,74+,75+,76-,77-,78-,79-,81-,82+,83+,84-/m0/s1. The first-order valence-corrected chi connectivity index (χ1v) is 48.0. The van der Waals surface area contributed by atoms with Gasteiger partial charge in [0, 0.05) is 101 Å². The van der Waals surface area contributed by atoms with Crippen LogP contribution in [-0.4, -0.2) is 236 Å². The van der Waals surface area contributed by atoms with Gasteiger partial charge in [-0.05, 0) is 139 Å². The number of rotatable bonds is 54. The second-order valence-corrected chi connectivity index (χ2v) is 38.3. The monoisotopic (exact) mass is 1900 g/mol. The normalized spacial score (nSPS) is 14.7. The van der Waals surface area contributed by atoms with E-state index in [4.69, 9.17) is 0 Å². The molecule has 4 heterocycles. The molecular weight excluding hydrogens is 1760 g/mol. The van der Waals surface area contributed by atoms with Crippen molar-refractivity contribution in [3.05, 3.63) is 144 Å². The summed E-state index contributed by atoms with van der Waals surface area (Å²) in [5.41, 5.74) is 5.50. The maximum absolute atomic E-state index is 15.6. The maximum atomic E-state index is 15.6. The zero-order chi connectivity index (χ0) is 99.9. The van der Waals surface area contributed by atoms with E-state index in [-0.39, 0.29) is 88.2 Å². The molecule has 0 aliphatic carbocycles. The van der Waals surface area contributed by atoms with Crippen LogP contribution in [0.25, 0.3) is 43.6 Å². The highest BCUT2D eigenvalue weighted by Gasteiger charge is 2.41. The molecule has 0 aliphatic heterocycles. The van der Waals surface area contributed by atoms with Gasteiger partial charge in [-0.3, -0.25) is 76.7 Å². The lowest BCUT2D eigenvalue weighted by atomic mass is 9.97. The van der Waals surface area contributed by atoms with Crippen molar-refractivity contribution in [1.82, 2.24) is 105 Å². The van der Waals surface area contributed by atoms with Gasteiger partial charge in [-0.15, -0.1) is 0 Å². The first kappa shape index (κ1) is 108. The van der Waals surface area contributed by atoms with Crippen LogP contribution >= 0.6 is 11.8 Å². The number of fused-ring (bicyclic) bond motifs is 4. The number of amides is 16. The molecule has 8 aromatic rings. The smallest absolute Gasteiger partial charge is 0.243 e. The van der Waals surface area contributed by atoms with Gasteiger partial charge in [0.05, 0.1) is 13.2 Å². The lowest BCUT2D eigenvalue weighted by Crippen LogP contribution is -2.62. The van der Waals surface area contributed by atoms with Gasteiger partial charge in [-0.1, -0.05) is 170 Å². The van der Waals surface area contributed by atoms with Gasteiger partial charge in [0.2, 0.25) is 95.0 Å². The van der Waals surface area contributed by atoms with Crippen molar-refractivity contribution >= 4 is 150 Å². The van der Waals surface area contributed by atoms with E-state index in [2.05, 4.69) is 105 Å². The second kappa shape index (κ2) is 52.1. The van der Waals surface area contributed by atoms with E-state index in [1.807, 2.05) is 119 Å². The Kier molecular flexibility index (Phi) is 41.4. The Morgan fingerprint density at radius 3 is 0.934 bits per heavy atom. The number of hydrogen-bond donors (Lipinski definition) is 21. The second-order valence-electron chi connectivity index (χ2n) is 37.4. The van der Waals surface area contributed by atoms with Crippen LogP contribution in [-0.2, 0) is 102 Å². The molecule has 0 fully saturated rings. The van der Waals surface area contributed by atoms with Gasteiger partial charge in [0.1, 0.15) is 84.6 Å². The van der Waals surface area contributed by atoms with Crippen molar-refractivity contribution in [3.63, 3.8) is 0 Å². The molecule has 0 aliphatic rings. The molecule has 38 heteroatoms. The van der Waals surface area contributed by atoms with E-state index in [9.17, 15) is 53.1 Å². The van der Waals surface area contributed by atoms with E-state index >= 15 is 28.8 Å². The fraction of sp³-hybridized carbons (Fsp3) is 0.510. The lowest BCUT2D eigenvalue weighted by Gasteiger charge is -2.31. The Morgan fingerprint density at radius 2 is 0.596 bits per heavy atom. The SMILES string of the molecule is CSCC[C@@H](NC(=O)[C@H](Cc1c[nH]c2ccccc12)NC(=O)[C@H](NC(=O)[C@@H](NC(=O)[C@H](NC(=O)[C@H](C)NC(=O)[C@@H](CC(C)C)NC(=O)[C@H](C)NC(=O)CNC(=O)[C@@H](NC=O)C(C)C)C(C)C)C(C)C)C(C)C)C(=O)N[C@@H](Cc1c[nH]c2ccccc12)C(=O)N[C@H](CC(C)C)C(=O)N[C@@H](Cc1c[nH]c2ccccc12)C(=O)N[C@H](CC(C)C)C(=O)N[C@@H](Cc1c[nH]c2ccccc12)C(=O)NCCO. The molecule has 16 amide bonds. The fourth-order valence-electron chi connectivity index (χ4n) is 16.1. The molecule has 4 aromatic heterocycles. The van der Waals surface area contributed by atoms with Crippen molar-refractivity contribution in [2.45, 2.75) is 247 Å². The summed E-state index contributed by atoms with van der Waals surface area (Å²) in [4.78, 5) is 241. The molecule has 21 N–H and O–H groups in total. The summed E-state index contributed by atoms with van der Waals surface area (Å²) in [7, 11) is 0. The molecule has 0 saturated heterocycles. The average molecular weight is 1900 g/mol. The molecule has 37 nitrogen and oxygen atoms in total. The zero-order valence-corrected chi connectivity index (χ0v) is 81.4. The molecule has 4 aromatic carbocycles. The summed E-state index contributed by atoms with van der Waals surface area (Å²) in [6, 6.07) is 11.2. The van der Waals surface area contributed by atoms with Crippen LogP contribution in [0.2, 0.25) is 0 Å². The van der Waals surface area contributed by atoms with Crippen LogP contribution in [0.4, 0.5) is 0 Å². The highest BCUT2D eigenvalue weighted by molar-refractivity contribution is 7.98. The van der Waals surface area contributed by atoms with Crippen LogP contribution in [0.3, 0.4) is 0 Å². The number of aliphatic hydroxyl groups is 1. The average Bonchev–Trinajstić information content (AvgIpc) is 1.66. The maximum Gasteiger partial charge on any atom is 0.243 e. The third-order valence-electron chi connectivity index (χ3n) is 23.5. The van der Waals surface area contributed by atoms with Crippen molar-refractivity contribution < 1.29 is 81.8 Å². The number of carbonyl (C=O) groups is 16. The van der Waals surface area contributed by atoms with E-state index in [0.717, 1.165) is 27.4 Å². The number of nitrogens with one attached hydrogen (secondary N) is 20. The molecule has 0 radical (unpaired) electrons.